The molecular formula is C20H18FN3O2. The fourth-order valence-electron chi connectivity index (χ4n) is 2.39. The van der Waals surface area contributed by atoms with Gasteiger partial charge in [0.05, 0.1) is 12.8 Å². The summed E-state index contributed by atoms with van der Waals surface area (Å²) >= 11 is 0. The Labute approximate surface area is 150 Å². The number of carbonyl (C=O) groups excluding carboxylic acids is 1. The van der Waals surface area contributed by atoms with Gasteiger partial charge in [-0.05, 0) is 47.5 Å². The van der Waals surface area contributed by atoms with E-state index in [9.17, 15) is 9.18 Å². The van der Waals surface area contributed by atoms with Crippen LogP contribution >= 0.6 is 0 Å². The summed E-state index contributed by atoms with van der Waals surface area (Å²) in [5.74, 6) is -0.546. The number of benzene rings is 2. The van der Waals surface area contributed by atoms with E-state index in [1.807, 2.05) is 36.5 Å². The number of halogens is 1. The molecule has 0 radical (unpaired) electrons. The summed E-state index contributed by atoms with van der Waals surface area (Å²) in [6.07, 6.45) is 6.51. The summed E-state index contributed by atoms with van der Waals surface area (Å²) in [4.78, 5) is 11.9. The van der Waals surface area contributed by atoms with E-state index in [0.29, 0.717) is 12.1 Å². The lowest BCUT2D eigenvalue weighted by Crippen LogP contribution is -2.20. The highest BCUT2D eigenvalue weighted by molar-refractivity contribution is 5.91. The summed E-state index contributed by atoms with van der Waals surface area (Å²) in [6, 6.07) is 14.1. The van der Waals surface area contributed by atoms with Crippen LogP contribution < -0.4 is 10.1 Å². The molecule has 0 saturated carbocycles. The maximum Gasteiger partial charge on any atom is 0.244 e. The number of aromatic nitrogens is 2. The van der Waals surface area contributed by atoms with Crippen molar-refractivity contribution in [2.45, 2.75) is 6.54 Å². The second kappa shape index (κ2) is 8.11. The second-order valence-corrected chi connectivity index (χ2v) is 5.56. The lowest BCUT2D eigenvalue weighted by molar-refractivity contribution is -0.116. The topological polar surface area (TPSA) is 56.1 Å². The van der Waals surface area contributed by atoms with Crippen molar-refractivity contribution >= 4 is 12.0 Å². The SMILES string of the molecule is COc1ccc(C=CC(=O)NCc2ccc(-n3cccn3)cc2)cc1F. The van der Waals surface area contributed by atoms with Crippen molar-refractivity contribution in [2.24, 2.45) is 0 Å². The summed E-state index contributed by atoms with van der Waals surface area (Å²) in [5, 5.41) is 6.96. The molecule has 1 aromatic heterocycles. The molecule has 5 nitrogen and oxygen atoms in total. The number of hydrogen-bond acceptors (Lipinski definition) is 3. The van der Waals surface area contributed by atoms with Gasteiger partial charge in [0, 0.05) is 25.0 Å². The van der Waals surface area contributed by atoms with E-state index >= 15 is 0 Å². The van der Waals surface area contributed by atoms with Gasteiger partial charge in [0.25, 0.3) is 0 Å². The van der Waals surface area contributed by atoms with Crippen molar-refractivity contribution in [1.29, 1.82) is 0 Å². The van der Waals surface area contributed by atoms with Gasteiger partial charge in [-0.2, -0.15) is 5.10 Å². The highest BCUT2D eigenvalue weighted by Gasteiger charge is 2.03. The standard InChI is InChI=1S/C20H18FN3O2/c1-26-19-9-5-15(13-18(19)21)6-10-20(25)22-14-16-3-7-17(8-4-16)24-12-2-11-23-24/h2-13H,14H2,1H3,(H,22,25). The number of rotatable bonds is 6. The number of hydrogen-bond donors (Lipinski definition) is 1. The summed E-state index contributed by atoms with van der Waals surface area (Å²) < 4.78 is 20.2. The Morgan fingerprint density at radius 1 is 1.27 bits per heavy atom. The molecule has 1 heterocycles. The van der Waals surface area contributed by atoms with Crippen LogP contribution in [0.1, 0.15) is 11.1 Å². The summed E-state index contributed by atoms with van der Waals surface area (Å²) in [7, 11) is 1.41. The van der Waals surface area contributed by atoms with Gasteiger partial charge in [0.1, 0.15) is 0 Å². The zero-order valence-electron chi connectivity index (χ0n) is 14.2. The Balaban J connectivity index is 1.54. The van der Waals surface area contributed by atoms with Crippen LogP contribution in [0.25, 0.3) is 11.8 Å². The van der Waals surface area contributed by atoms with Gasteiger partial charge in [-0.25, -0.2) is 9.07 Å². The first kappa shape index (κ1) is 17.4. The van der Waals surface area contributed by atoms with E-state index in [2.05, 4.69) is 10.4 Å². The normalized spacial score (nSPS) is 10.8. The van der Waals surface area contributed by atoms with Gasteiger partial charge in [0.15, 0.2) is 11.6 Å². The lowest BCUT2D eigenvalue weighted by atomic mass is 10.2. The van der Waals surface area contributed by atoms with Gasteiger partial charge >= 0.3 is 0 Å². The molecular weight excluding hydrogens is 333 g/mol. The van der Waals surface area contributed by atoms with Crippen molar-refractivity contribution in [3.05, 3.63) is 83.9 Å². The third kappa shape index (κ3) is 4.36. The minimum atomic E-state index is -0.465. The maximum atomic E-state index is 13.6. The van der Waals surface area contributed by atoms with E-state index in [1.165, 1.54) is 25.3 Å². The Hall–Kier alpha value is -3.41. The molecule has 3 aromatic rings. The van der Waals surface area contributed by atoms with Gasteiger partial charge < -0.3 is 10.1 Å². The van der Waals surface area contributed by atoms with Crippen molar-refractivity contribution in [2.75, 3.05) is 7.11 Å². The van der Waals surface area contributed by atoms with E-state index in [4.69, 9.17) is 4.74 Å². The first-order chi connectivity index (χ1) is 12.7. The van der Waals surface area contributed by atoms with Gasteiger partial charge in [-0.3, -0.25) is 4.79 Å². The van der Waals surface area contributed by atoms with Crippen LogP contribution in [0.2, 0.25) is 0 Å². The molecule has 0 bridgehead atoms. The molecule has 0 aliphatic rings. The smallest absolute Gasteiger partial charge is 0.244 e. The van der Waals surface area contributed by atoms with Crippen molar-refractivity contribution in [1.82, 2.24) is 15.1 Å². The minimum absolute atomic E-state index is 0.171. The molecule has 1 amide bonds. The van der Waals surface area contributed by atoms with E-state index < -0.39 is 5.82 Å². The Kier molecular flexibility index (Phi) is 5.43. The molecule has 0 aliphatic heterocycles. The van der Waals surface area contributed by atoms with Gasteiger partial charge in [0.2, 0.25) is 5.91 Å². The quantitative estimate of drug-likeness (QED) is 0.693. The Morgan fingerprint density at radius 2 is 2.08 bits per heavy atom. The van der Waals surface area contributed by atoms with Crippen molar-refractivity contribution in [3.8, 4) is 11.4 Å². The van der Waals surface area contributed by atoms with Crippen LogP contribution in [0.4, 0.5) is 4.39 Å². The number of nitrogens with zero attached hydrogens (tertiary/aromatic N) is 2. The third-order valence-corrected chi connectivity index (χ3v) is 3.78. The number of ether oxygens (including phenoxy) is 1. The van der Waals surface area contributed by atoms with Gasteiger partial charge in [-0.1, -0.05) is 18.2 Å². The highest BCUT2D eigenvalue weighted by Crippen LogP contribution is 2.18. The first-order valence-corrected chi connectivity index (χ1v) is 8.04. The predicted octanol–water partition coefficient (Wildman–Crippen LogP) is 3.35. The molecule has 0 fully saturated rings. The van der Waals surface area contributed by atoms with Gasteiger partial charge in [-0.15, -0.1) is 0 Å². The molecule has 0 atom stereocenters. The molecule has 26 heavy (non-hydrogen) atoms. The highest BCUT2D eigenvalue weighted by atomic mass is 19.1. The van der Waals surface area contributed by atoms with Crippen LogP contribution in [0, 0.1) is 5.82 Å². The predicted molar refractivity (Wildman–Crippen MR) is 97.4 cm³/mol. The largest absolute Gasteiger partial charge is 0.494 e. The third-order valence-electron chi connectivity index (χ3n) is 3.78. The zero-order valence-corrected chi connectivity index (χ0v) is 14.2. The average molecular weight is 351 g/mol. The first-order valence-electron chi connectivity index (χ1n) is 8.04. The molecule has 1 N–H and O–H groups in total. The van der Waals surface area contributed by atoms with E-state index in [0.717, 1.165) is 11.3 Å². The summed E-state index contributed by atoms with van der Waals surface area (Å²) in [6.45, 7) is 0.402. The molecule has 0 saturated heterocycles. The fourth-order valence-corrected chi connectivity index (χ4v) is 2.39. The lowest BCUT2D eigenvalue weighted by Gasteiger charge is -2.05. The molecule has 2 aromatic carbocycles. The zero-order chi connectivity index (χ0) is 18.4. The Morgan fingerprint density at radius 3 is 2.73 bits per heavy atom. The van der Waals surface area contributed by atoms with E-state index in [1.54, 1.807) is 23.0 Å². The number of nitrogens with one attached hydrogen (secondary N) is 1. The molecule has 6 heteroatoms. The molecule has 0 spiro atoms. The number of amides is 1. The minimum Gasteiger partial charge on any atom is -0.494 e. The fraction of sp³-hybridized carbons (Fsp3) is 0.100. The van der Waals surface area contributed by atoms with Crippen LogP contribution in [-0.2, 0) is 11.3 Å². The van der Waals surface area contributed by atoms with Crippen molar-refractivity contribution < 1.29 is 13.9 Å². The molecule has 3 rings (SSSR count). The van der Waals surface area contributed by atoms with Crippen LogP contribution in [-0.4, -0.2) is 22.8 Å². The summed E-state index contributed by atoms with van der Waals surface area (Å²) in [5.41, 5.74) is 2.51. The molecule has 0 unspecified atom stereocenters. The maximum absolute atomic E-state index is 13.6. The second-order valence-electron chi connectivity index (χ2n) is 5.56. The molecule has 132 valence electrons. The van der Waals surface area contributed by atoms with Crippen LogP contribution in [0.3, 0.4) is 0 Å². The average Bonchev–Trinajstić information content (AvgIpc) is 3.20. The number of methoxy groups -OCH3 is 1. The van der Waals surface area contributed by atoms with E-state index in [-0.39, 0.29) is 11.7 Å². The monoisotopic (exact) mass is 351 g/mol. The van der Waals surface area contributed by atoms with Crippen LogP contribution in [0.5, 0.6) is 5.75 Å². The molecule has 0 aliphatic carbocycles. The Bertz CT molecular complexity index is 903. The van der Waals surface area contributed by atoms with Crippen molar-refractivity contribution in [3.63, 3.8) is 0 Å². The van der Waals surface area contributed by atoms with Crippen LogP contribution in [0.15, 0.2) is 67.0 Å². The number of carbonyl (C=O) groups is 1.